The fourth-order valence-corrected chi connectivity index (χ4v) is 6.73. The van der Waals surface area contributed by atoms with E-state index in [1.165, 1.54) is 0 Å². The summed E-state index contributed by atoms with van der Waals surface area (Å²) in [7, 11) is -3.58. The van der Waals surface area contributed by atoms with Crippen LogP contribution in [0.5, 0.6) is 0 Å². The SMILES string of the molecule is CCc1cccc(NC(=O)CCn2c(=O)sc3cc(S(=O)(=O)N4CCCCCC4)ccc32)c1. The number of hydrogen-bond donors (Lipinski definition) is 1. The largest absolute Gasteiger partial charge is 0.326 e. The average molecular weight is 488 g/mol. The summed E-state index contributed by atoms with van der Waals surface area (Å²) in [6.07, 6.45) is 4.87. The molecule has 2 heterocycles. The van der Waals surface area contributed by atoms with Crippen molar-refractivity contribution in [2.75, 3.05) is 18.4 Å². The summed E-state index contributed by atoms with van der Waals surface area (Å²) in [4.78, 5) is 25.0. The van der Waals surface area contributed by atoms with Crippen LogP contribution in [0, 0.1) is 0 Å². The summed E-state index contributed by atoms with van der Waals surface area (Å²) in [5.74, 6) is -0.171. The molecular formula is C24H29N3O4S2. The van der Waals surface area contributed by atoms with Gasteiger partial charge in [-0.2, -0.15) is 4.31 Å². The Kier molecular flexibility index (Phi) is 7.31. The number of rotatable bonds is 7. The number of nitrogens with zero attached hydrogens (tertiary/aromatic N) is 2. The molecule has 3 aromatic rings. The highest BCUT2D eigenvalue weighted by Crippen LogP contribution is 2.26. The second-order valence-electron chi connectivity index (χ2n) is 8.32. The van der Waals surface area contributed by atoms with E-state index >= 15 is 0 Å². The Morgan fingerprint density at radius 2 is 1.82 bits per heavy atom. The molecule has 0 radical (unpaired) electrons. The van der Waals surface area contributed by atoms with Crippen molar-refractivity contribution in [3.05, 3.63) is 57.7 Å². The third-order valence-corrected chi connectivity index (χ3v) is 8.86. The number of nitrogens with one attached hydrogen (secondary N) is 1. The molecule has 176 valence electrons. The number of sulfonamides is 1. The van der Waals surface area contributed by atoms with E-state index in [9.17, 15) is 18.0 Å². The van der Waals surface area contributed by atoms with Gasteiger partial charge >= 0.3 is 4.87 Å². The quantitative estimate of drug-likeness (QED) is 0.540. The number of aromatic nitrogens is 1. The number of carbonyl (C=O) groups excluding carboxylic acids is 1. The number of benzene rings is 2. The first-order valence-electron chi connectivity index (χ1n) is 11.4. The molecule has 1 aliphatic heterocycles. The first kappa shape index (κ1) is 23.7. The topological polar surface area (TPSA) is 88.5 Å². The maximum absolute atomic E-state index is 13.1. The van der Waals surface area contributed by atoms with E-state index in [0.717, 1.165) is 54.7 Å². The first-order valence-corrected chi connectivity index (χ1v) is 13.7. The highest BCUT2D eigenvalue weighted by atomic mass is 32.2. The molecule has 0 unspecified atom stereocenters. The van der Waals surface area contributed by atoms with Crippen LogP contribution in [0.15, 0.2) is 52.2 Å². The second-order valence-corrected chi connectivity index (χ2v) is 11.3. The van der Waals surface area contributed by atoms with E-state index in [0.29, 0.717) is 23.3 Å². The van der Waals surface area contributed by atoms with Gasteiger partial charge in [-0.1, -0.05) is 43.2 Å². The molecule has 7 nitrogen and oxygen atoms in total. The molecule has 1 fully saturated rings. The van der Waals surface area contributed by atoms with Gasteiger partial charge in [0.15, 0.2) is 0 Å². The lowest BCUT2D eigenvalue weighted by Crippen LogP contribution is -2.31. The van der Waals surface area contributed by atoms with Crippen LogP contribution in [-0.4, -0.2) is 36.3 Å². The molecule has 1 aliphatic rings. The molecule has 33 heavy (non-hydrogen) atoms. The molecule has 0 bridgehead atoms. The van der Waals surface area contributed by atoms with Crippen LogP contribution in [0.1, 0.15) is 44.6 Å². The summed E-state index contributed by atoms with van der Waals surface area (Å²) >= 11 is 1.01. The molecule has 4 rings (SSSR count). The Bertz CT molecular complexity index is 1300. The van der Waals surface area contributed by atoms with Gasteiger partial charge in [-0.3, -0.25) is 14.2 Å². The van der Waals surface area contributed by atoms with Gasteiger partial charge < -0.3 is 5.32 Å². The highest BCUT2D eigenvalue weighted by Gasteiger charge is 2.26. The van der Waals surface area contributed by atoms with Crippen molar-refractivity contribution in [3.8, 4) is 0 Å². The molecule has 0 aliphatic carbocycles. The lowest BCUT2D eigenvalue weighted by atomic mass is 10.1. The average Bonchev–Trinajstić information content (AvgIpc) is 2.96. The minimum atomic E-state index is -3.58. The predicted molar refractivity (Wildman–Crippen MR) is 132 cm³/mol. The number of thiazole rings is 1. The van der Waals surface area contributed by atoms with E-state index in [4.69, 9.17) is 0 Å². The van der Waals surface area contributed by atoms with Gasteiger partial charge in [-0.05, 0) is 55.2 Å². The van der Waals surface area contributed by atoms with Crippen molar-refractivity contribution in [1.82, 2.24) is 8.87 Å². The third-order valence-electron chi connectivity index (χ3n) is 6.02. The Labute approximate surface area is 198 Å². The Balaban J connectivity index is 1.49. The lowest BCUT2D eigenvalue weighted by molar-refractivity contribution is -0.116. The molecule has 1 amide bonds. The number of amides is 1. The zero-order chi connectivity index (χ0) is 23.4. The number of aryl methyl sites for hydroxylation is 2. The smallest absolute Gasteiger partial charge is 0.308 e. The molecule has 0 spiro atoms. The fraction of sp³-hybridized carbons (Fsp3) is 0.417. The van der Waals surface area contributed by atoms with E-state index < -0.39 is 10.0 Å². The van der Waals surface area contributed by atoms with Crippen LogP contribution in [0.3, 0.4) is 0 Å². The van der Waals surface area contributed by atoms with Crippen LogP contribution in [-0.2, 0) is 27.8 Å². The van der Waals surface area contributed by atoms with Crippen molar-refractivity contribution in [3.63, 3.8) is 0 Å². The van der Waals surface area contributed by atoms with Crippen molar-refractivity contribution < 1.29 is 13.2 Å². The van der Waals surface area contributed by atoms with Gasteiger partial charge in [0.2, 0.25) is 15.9 Å². The highest BCUT2D eigenvalue weighted by molar-refractivity contribution is 7.89. The molecule has 9 heteroatoms. The van der Waals surface area contributed by atoms with Gasteiger partial charge in [0.05, 0.1) is 15.1 Å². The van der Waals surface area contributed by atoms with Crippen molar-refractivity contribution >= 4 is 43.2 Å². The predicted octanol–water partition coefficient (Wildman–Crippen LogP) is 4.22. The standard InChI is InChI=1S/C24H29N3O4S2/c1-2-18-8-7-9-19(16-18)25-23(28)12-15-27-21-11-10-20(17-22(21)32-24(27)29)33(30,31)26-13-5-3-4-6-14-26/h7-11,16-17H,2-6,12-15H2,1H3,(H,25,28). The van der Waals surface area contributed by atoms with Gasteiger partial charge in [0.1, 0.15) is 0 Å². The van der Waals surface area contributed by atoms with Gasteiger partial charge in [0, 0.05) is 31.7 Å². The number of fused-ring (bicyclic) bond motifs is 1. The van der Waals surface area contributed by atoms with Crippen molar-refractivity contribution in [2.24, 2.45) is 0 Å². The summed E-state index contributed by atoms with van der Waals surface area (Å²) < 4.78 is 29.9. The molecule has 1 aromatic heterocycles. The first-order chi connectivity index (χ1) is 15.9. The Hall–Kier alpha value is -2.49. The van der Waals surface area contributed by atoms with Gasteiger partial charge in [-0.15, -0.1) is 0 Å². The second kappa shape index (κ2) is 10.2. The number of anilines is 1. The molecule has 0 atom stereocenters. The summed E-state index contributed by atoms with van der Waals surface area (Å²) in [6, 6.07) is 12.5. The van der Waals surface area contributed by atoms with Gasteiger partial charge in [0.25, 0.3) is 0 Å². The zero-order valence-corrected chi connectivity index (χ0v) is 20.4. The lowest BCUT2D eigenvalue weighted by Gasteiger charge is -2.19. The molecule has 1 N–H and O–H groups in total. The maximum Gasteiger partial charge on any atom is 0.308 e. The third kappa shape index (κ3) is 5.37. The van der Waals surface area contributed by atoms with Crippen molar-refractivity contribution in [1.29, 1.82) is 0 Å². The van der Waals surface area contributed by atoms with Gasteiger partial charge in [-0.25, -0.2) is 8.42 Å². The minimum Gasteiger partial charge on any atom is -0.326 e. The van der Waals surface area contributed by atoms with Crippen molar-refractivity contribution in [2.45, 2.75) is 56.9 Å². The van der Waals surface area contributed by atoms with Crippen LogP contribution < -0.4 is 10.2 Å². The summed E-state index contributed by atoms with van der Waals surface area (Å²) in [6.45, 7) is 3.36. The Morgan fingerprint density at radius 3 is 2.55 bits per heavy atom. The molecule has 0 saturated carbocycles. The Morgan fingerprint density at radius 1 is 1.06 bits per heavy atom. The van der Waals surface area contributed by atoms with Crippen LogP contribution in [0.25, 0.3) is 10.2 Å². The number of hydrogen-bond acceptors (Lipinski definition) is 5. The number of carbonyl (C=O) groups is 1. The molecular weight excluding hydrogens is 458 g/mol. The summed E-state index contributed by atoms with van der Waals surface area (Å²) in [5.41, 5.74) is 2.53. The molecule has 2 aromatic carbocycles. The van der Waals surface area contributed by atoms with E-state index in [1.54, 1.807) is 27.1 Å². The van der Waals surface area contributed by atoms with E-state index in [1.807, 2.05) is 24.3 Å². The zero-order valence-electron chi connectivity index (χ0n) is 18.7. The van der Waals surface area contributed by atoms with Crippen LogP contribution in [0.2, 0.25) is 0 Å². The van der Waals surface area contributed by atoms with Crippen LogP contribution >= 0.6 is 11.3 Å². The molecule has 1 saturated heterocycles. The summed E-state index contributed by atoms with van der Waals surface area (Å²) in [5, 5.41) is 2.88. The normalized spacial score (nSPS) is 15.4. The van der Waals surface area contributed by atoms with E-state index in [-0.39, 0.29) is 28.6 Å². The minimum absolute atomic E-state index is 0.149. The van der Waals surface area contributed by atoms with E-state index in [2.05, 4.69) is 12.2 Å². The maximum atomic E-state index is 13.1. The fourth-order valence-electron chi connectivity index (χ4n) is 4.16. The van der Waals surface area contributed by atoms with Crippen LogP contribution in [0.4, 0.5) is 5.69 Å². The monoisotopic (exact) mass is 487 g/mol.